The van der Waals surface area contributed by atoms with Gasteiger partial charge in [-0.3, -0.25) is 4.84 Å². The lowest BCUT2D eigenvalue weighted by atomic mass is 9.78. The molecular weight excluding hydrogens is 510 g/mol. The van der Waals surface area contributed by atoms with E-state index in [1.807, 2.05) is 0 Å². The molecule has 0 aromatic carbocycles. The predicted molar refractivity (Wildman–Crippen MR) is 176 cm³/mol. The molecule has 0 aliphatic carbocycles. The summed E-state index contributed by atoms with van der Waals surface area (Å²) in [4.78, 5) is 29.3. The van der Waals surface area contributed by atoms with Crippen LogP contribution in [-0.2, 0) is 4.84 Å². The minimum atomic E-state index is -0.101. The van der Waals surface area contributed by atoms with E-state index < -0.39 is 0 Å². The van der Waals surface area contributed by atoms with Crippen molar-refractivity contribution in [2.45, 2.75) is 157 Å². The fraction of sp³-hybridized carbons (Fsp3) is 0.909. The van der Waals surface area contributed by atoms with Gasteiger partial charge in [-0.1, -0.05) is 60.3 Å². The Balaban J connectivity index is 2.58. The van der Waals surface area contributed by atoms with Crippen LogP contribution in [0.2, 0.25) is 0 Å². The van der Waals surface area contributed by atoms with Crippen molar-refractivity contribution in [1.29, 1.82) is 0 Å². The smallest absolute Gasteiger partial charge is 0.232 e. The number of aromatic nitrogens is 3. The number of unbranched alkanes of at least 4 members (excludes halogenated alkanes) is 4. The van der Waals surface area contributed by atoms with Crippen LogP contribution in [0.4, 0.5) is 17.8 Å². The van der Waals surface area contributed by atoms with Crippen LogP contribution in [0.5, 0.6) is 0 Å². The summed E-state index contributed by atoms with van der Waals surface area (Å²) >= 11 is 0. The number of piperidine rings is 1. The van der Waals surface area contributed by atoms with Crippen molar-refractivity contribution in [3.63, 3.8) is 0 Å². The SMILES string of the molecule is CCCCN(CCCC)c1nc(N(CCCC)CCCC)nc(N(CC)C2CC(C)(C)N(OCCC)C(C)(C)C2)n1. The Labute approximate surface area is 253 Å². The maximum absolute atomic E-state index is 6.34. The van der Waals surface area contributed by atoms with Gasteiger partial charge in [-0.15, -0.1) is 0 Å². The van der Waals surface area contributed by atoms with Crippen LogP contribution < -0.4 is 14.7 Å². The fourth-order valence-corrected chi connectivity index (χ4v) is 6.30. The average Bonchev–Trinajstić information content (AvgIpc) is 2.92. The topological polar surface area (TPSA) is 60.9 Å². The Morgan fingerprint density at radius 2 is 1.02 bits per heavy atom. The summed E-state index contributed by atoms with van der Waals surface area (Å²) in [6, 6.07) is 0.314. The van der Waals surface area contributed by atoms with Crippen LogP contribution >= 0.6 is 0 Å². The minimum absolute atomic E-state index is 0.101. The molecule has 0 amide bonds. The molecule has 1 aromatic rings. The molecule has 238 valence electrons. The molecule has 1 aliphatic heterocycles. The number of hydroxylamine groups is 2. The maximum atomic E-state index is 6.34. The van der Waals surface area contributed by atoms with E-state index in [1.165, 1.54) is 0 Å². The normalized spacial score (nSPS) is 17.1. The Morgan fingerprint density at radius 1 is 0.634 bits per heavy atom. The number of hydrogen-bond acceptors (Lipinski definition) is 8. The molecule has 2 heterocycles. The molecule has 1 saturated heterocycles. The van der Waals surface area contributed by atoms with Gasteiger partial charge in [0.2, 0.25) is 17.8 Å². The zero-order valence-corrected chi connectivity index (χ0v) is 28.6. The van der Waals surface area contributed by atoms with Gasteiger partial charge in [0.25, 0.3) is 0 Å². The van der Waals surface area contributed by atoms with E-state index >= 15 is 0 Å². The summed E-state index contributed by atoms with van der Waals surface area (Å²) < 4.78 is 0. The Kier molecular flexibility index (Phi) is 15.1. The molecule has 8 nitrogen and oxygen atoms in total. The second kappa shape index (κ2) is 17.4. The third-order valence-electron chi connectivity index (χ3n) is 8.32. The monoisotopic (exact) mass is 576 g/mol. The van der Waals surface area contributed by atoms with Gasteiger partial charge in [0.15, 0.2) is 0 Å². The number of nitrogens with zero attached hydrogens (tertiary/aromatic N) is 7. The van der Waals surface area contributed by atoms with Crippen LogP contribution in [-0.4, -0.2) is 76.5 Å². The standard InChI is InChI=1S/C33H65N7O/c1-11-17-21-37(22-18-12-2)29-34-30(38(23-19-13-3)24-20-14-4)36-31(35-29)39(16-6)28-26-32(7,8)40(41-25-15-5)33(9,10)27-28/h28H,11-27H2,1-10H3. The van der Waals surface area contributed by atoms with Crippen molar-refractivity contribution >= 4 is 17.8 Å². The lowest BCUT2D eigenvalue weighted by Gasteiger charge is -2.55. The summed E-state index contributed by atoms with van der Waals surface area (Å²) in [5.74, 6) is 2.54. The Bertz CT molecular complexity index is 790. The van der Waals surface area contributed by atoms with Crippen LogP contribution in [0, 0.1) is 0 Å². The summed E-state index contributed by atoms with van der Waals surface area (Å²) in [7, 11) is 0. The number of anilines is 3. The highest BCUT2D eigenvalue weighted by molar-refractivity contribution is 5.47. The highest BCUT2D eigenvalue weighted by Gasteiger charge is 2.48. The van der Waals surface area contributed by atoms with Crippen LogP contribution in [0.15, 0.2) is 0 Å². The molecule has 1 fully saturated rings. The molecule has 41 heavy (non-hydrogen) atoms. The highest BCUT2D eigenvalue weighted by Crippen LogP contribution is 2.41. The van der Waals surface area contributed by atoms with E-state index in [0.29, 0.717) is 6.04 Å². The van der Waals surface area contributed by atoms with E-state index in [-0.39, 0.29) is 11.1 Å². The van der Waals surface area contributed by atoms with Gasteiger partial charge in [0.05, 0.1) is 6.61 Å². The second-order valence-corrected chi connectivity index (χ2v) is 13.2. The van der Waals surface area contributed by atoms with E-state index in [4.69, 9.17) is 19.8 Å². The molecule has 1 aromatic heterocycles. The Hall–Kier alpha value is -1.67. The fourth-order valence-electron chi connectivity index (χ4n) is 6.30. The minimum Gasteiger partial charge on any atom is -0.341 e. The van der Waals surface area contributed by atoms with Crippen molar-refractivity contribution in [3.8, 4) is 0 Å². The van der Waals surface area contributed by atoms with Gasteiger partial charge in [-0.2, -0.15) is 20.0 Å². The predicted octanol–water partition coefficient (Wildman–Crippen LogP) is 7.87. The number of hydrogen-bond donors (Lipinski definition) is 0. The molecule has 0 saturated carbocycles. The van der Waals surface area contributed by atoms with Crippen molar-refractivity contribution in [1.82, 2.24) is 20.0 Å². The van der Waals surface area contributed by atoms with Crippen molar-refractivity contribution in [2.24, 2.45) is 0 Å². The van der Waals surface area contributed by atoms with Crippen LogP contribution in [0.1, 0.15) is 140 Å². The first kappa shape index (κ1) is 35.5. The van der Waals surface area contributed by atoms with Crippen molar-refractivity contribution in [3.05, 3.63) is 0 Å². The van der Waals surface area contributed by atoms with E-state index in [1.54, 1.807) is 0 Å². The van der Waals surface area contributed by atoms with Crippen molar-refractivity contribution in [2.75, 3.05) is 54.0 Å². The molecule has 0 radical (unpaired) electrons. The summed E-state index contributed by atoms with van der Waals surface area (Å²) in [6.45, 7) is 28.3. The lowest BCUT2D eigenvalue weighted by molar-refractivity contribution is -0.282. The first-order chi connectivity index (χ1) is 19.6. The maximum Gasteiger partial charge on any atom is 0.232 e. The molecular formula is C33H65N7O. The zero-order chi connectivity index (χ0) is 30.5. The average molecular weight is 576 g/mol. The third-order valence-corrected chi connectivity index (χ3v) is 8.32. The number of rotatable bonds is 20. The van der Waals surface area contributed by atoms with E-state index in [2.05, 4.69) is 89.0 Å². The first-order valence-corrected chi connectivity index (χ1v) is 17.0. The van der Waals surface area contributed by atoms with Crippen LogP contribution in [0.3, 0.4) is 0 Å². The van der Waals surface area contributed by atoms with Crippen LogP contribution in [0.25, 0.3) is 0 Å². The van der Waals surface area contributed by atoms with Gasteiger partial charge in [-0.25, -0.2) is 0 Å². The molecule has 0 atom stereocenters. The van der Waals surface area contributed by atoms with Gasteiger partial charge in [0.1, 0.15) is 0 Å². The van der Waals surface area contributed by atoms with Crippen molar-refractivity contribution < 1.29 is 4.84 Å². The van der Waals surface area contributed by atoms with Gasteiger partial charge in [0, 0.05) is 49.8 Å². The van der Waals surface area contributed by atoms with E-state index in [0.717, 1.165) is 128 Å². The largest absolute Gasteiger partial charge is 0.341 e. The molecule has 0 spiro atoms. The van der Waals surface area contributed by atoms with Gasteiger partial charge in [-0.05, 0) is 79.6 Å². The first-order valence-electron chi connectivity index (χ1n) is 17.0. The molecule has 0 bridgehead atoms. The summed E-state index contributed by atoms with van der Waals surface area (Å²) in [6.07, 6.45) is 12.2. The Morgan fingerprint density at radius 3 is 1.37 bits per heavy atom. The quantitative estimate of drug-likeness (QED) is 0.156. The van der Waals surface area contributed by atoms with E-state index in [9.17, 15) is 0 Å². The highest BCUT2D eigenvalue weighted by atomic mass is 16.7. The summed E-state index contributed by atoms with van der Waals surface area (Å²) in [5, 5.41) is 2.27. The molecule has 0 unspecified atom stereocenters. The summed E-state index contributed by atoms with van der Waals surface area (Å²) in [5.41, 5.74) is -0.202. The van der Waals surface area contributed by atoms with Gasteiger partial charge < -0.3 is 14.7 Å². The lowest BCUT2D eigenvalue weighted by Crippen LogP contribution is -2.64. The third kappa shape index (κ3) is 10.2. The molecule has 1 aliphatic rings. The van der Waals surface area contributed by atoms with Gasteiger partial charge >= 0.3 is 0 Å². The molecule has 0 N–H and O–H groups in total. The molecule has 2 rings (SSSR count). The molecule has 8 heteroatoms. The second-order valence-electron chi connectivity index (χ2n) is 13.2. The zero-order valence-electron chi connectivity index (χ0n) is 28.6.